The van der Waals surface area contributed by atoms with Crippen LogP contribution in [-0.4, -0.2) is 36.3 Å². The first kappa shape index (κ1) is 16.5. The van der Waals surface area contributed by atoms with Gasteiger partial charge in [0.15, 0.2) is 0 Å². The Morgan fingerprint density at radius 1 is 1.18 bits per heavy atom. The van der Waals surface area contributed by atoms with Crippen molar-refractivity contribution in [1.82, 2.24) is 10.2 Å². The molecule has 0 radical (unpaired) electrons. The van der Waals surface area contributed by atoms with Crippen LogP contribution in [0.5, 0.6) is 0 Å². The van der Waals surface area contributed by atoms with E-state index in [2.05, 4.69) is 19.2 Å². The first-order valence-electron chi connectivity index (χ1n) is 8.11. The summed E-state index contributed by atoms with van der Waals surface area (Å²) >= 11 is 0. The maximum Gasteiger partial charge on any atom is 0.251 e. The highest BCUT2D eigenvalue weighted by atomic mass is 16.2. The molecule has 0 aromatic heterocycles. The summed E-state index contributed by atoms with van der Waals surface area (Å²) in [6.07, 6.45) is 1.93. The minimum Gasteiger partial charge on any atom is -0.352 e. The third-order valence-corrected chi connectivity index (χ3v) is 4.45. The van der Waals surface area contributed by atoms with Crippen molar-refractivity contribution < 1.29 is 9.59 Å². The van der Waals surface area contributed by atoms with Crippen LogP contribution < -0.4 is 5.32 Å². The van der Waals surface area contributed by atoms with Crippen molar-refractivity contribution in [2.75, 3.05) is 19.6 Å². The molecule has 1 aromatic rings. The van der Waals surface area contributed by atoms with E-state index in [0.29, 0.717) is 23.9 Å². The number of hydrogen-bond donors (Lipinski definition) is 1. The first-order chi connectivity index (χ1) is 10.5. The summed E-state index contributed by atoms with van der Waals surface area (Å²) in [6, 6.07) is 7.82. The number of likely N-dealkylation sites (tertiary alicyclic amines) is 1. The monoisotopic (exact) mass is 302 g/mol. The summed E-state index contributed by atoms with van der Waals surface area (Å²) in [5.74, 6) is 1.08. The molecule has 0 aliphatic carbocycles. The van der Waals surface area contributed by atoms with Gasteiger partial charge in [-0.05, 0) is 42.4 Å². The Morgan fingerprint density at radius 2 is 1.77 bits per heavy atom. The maximum absolute atomic E-state index is 12.2. The topological polar surface area (TPSA) is 49.4 Å². The third kappa shape index (κ3) is 4.33. The number of nitrogens with zero attached hydrogens (tertiary/aromatic N) is 1. The Kier molecular flexibility index (Phi) is 5.58. The van der Waals surface area contributed by atoms with E-state index >= 15 is 0 Å². The molecule has 0 unspecified atom stereocenters. The third-order valence-electron chi connectivity index (χ3n) is 4.45. The minimum atomic E-state index is -0.00990. The second-order valence-corrected chi connectivity index (χ2v) is 6.44. The number of carbonyl (C=O) groups excluding carboxylic acids is 2. The number of benzene rings is 1. The molecule has 1 aliphatic heterocycles. The van der Waals surface area contributed by atoms with Crippen LogP contribution >= 0.6 is 0 Å². The molecular formula is C18H26N2O2. The molecule has 22 heavy (non-hydrogen) atoms. The second kappa shape index (κ2) is 7.43. The quantitative estimate of drug-likeness (QED) is 0.930. The highest BCUT2D eigenvalue weighted by Gasteiger charge is 2.21. The van der Waals surface area contributed by atoms with Gasteiger partial charge in [0.2, 0.25) is 5.91 Å². The van der Waals surface area contributed by atoms with E-state index in [1.807, 2.05) is 29.2 Å². The van der Waals surface area contributed by atoms with E-state index in [1.165, 1.54) is 5.56 Å². The molecule has 1 aliphatic rings. The number of piperidine rings is 1. The number of hydrogen-bond acceptors (Lipinski definition) is 2. The van der Waals surface area contributed by atoms with Crippen molar-refractivity contribution in [2.24, 2.45) is 5.92 Å². The normalized spacial score (nSPS) is 15.9. The van der Waals surface area contributed by atoms with Gasteiger partial charge in [0.1, 0.15) is 0 Å². The van der Waals surface area contributed by atoms with Crippen LogP contribution in [0.2, 0.25) is 0 Å². The lowest BCUT2D eigenvalue weighted by atomic mass is 9.96. The lowest BCUT2D eigenvalue weighted by Crippen LogP contribution is -2.40. The molecule has 0 atom stereocenters. The fourth-order valence-electron chi connectivity index (χ4n) is 2.81. The van der Waals surface area contributed by atoms with E-state index < -0.39 is 0 Å². The minimum absolute atomic E-state index is 0.00990. The van der Waals surface area contributed by atoms with Crippen molar-refractivity contribution in [3.05, 3.63) is 35.4 Å². The largest absolute Gasteiger partial charge is 0.352 e. The number of carbonyl (C=O) groups is 2. The van der Waals surface area contributed by atoms with Gasteiger partial charge in [0, 0.05) is 32.1 Å². The van der Waals surface area contributed by atoms with Crippen molar-refractivity contribution in [2.45, 2.75) is 39.5 Å². The van der Waals surface area contributed by atoms with Crippen LogP contribution in [0.25, 0.3) is 0 Å². The standard InChI is InChI=1S/C18H26N2O2/c1-13(2)16-4-6-17(7-5-16)18(22)19-12-15-8-10-20(11-9-15)14(3)21/h4-7,13,15H,8-12H2,1-3H3,(H,19,22). The Bertz CT molecular complexity index is 514. The lowest BCUT2D eigenvalue weighted by molar-refractivity contribution is -0.130. The van der Waals surface area contributed by atoms with Gasteiger partial charge in [-0.1, -0.05) is 26.0 Å². The Labute approximate surface area is 132 Å². The van der Waals surface area contributed by atoms with E-state index in [-0.39, 0.29) is 11.8 Å². The Morgan fingerprint density at radius 3 is 2.27 bits per heavy atom. The first-order valence-corrected chi connectivity index (χ1v) is 8.11. The zero-order chi connectivity index (χ0) is 16.1. The number of amides is 2. The van der Waals surface area contributed by atoms with Crippen LogP contribution in [0.4, 0.5) is 0 Å². The average Bonchev–Trinajstić information content (AvgIpc) is 2.53. The zero-order valence-corrected chi connectivity index (χ0v) is 13.8. The molecule has 1 heterocycles. The van der Waals surface area contributed by atoms with Gasteiger partial charge in [-0.2, -0.15) is 0 Å². The molecule has 4 heteroatoms. The predicted octanol–water partition coefficient (Wildman–Crippen LogP) is 2.80. The van der Waals surface area contributed by atoms with Crippen molar-refractivity contribution >= 4 is 11.8 Å². The summed E-state index contributed by atoms with van der Waals surface area (Å²) in [4.78, 5) is 25.3. The SMILES string of the molecule is CC(=O)N1CCC(CNC(=O)c2ccc(C(C)C)cc2)CC1. The van der Waals surface area contributed by atoms with E-state index in [4.69, 9.17) is 0 Å². The molecule has 0 spiro atoms. The molecule has 1 N–H and O–H groups in total. The molecule has 1 saturated heterocycles. The van der Waals surface area contributed by atoms with Crippen molar-refractivity contribution in [3.8, 4) is 0 Å². The zero-order valence-electron chi connectivity index (χ0n) is 13.8. The second-order valence-electron chi connectivity index (χ2n) is 6.44. The lowest BCUT2D eigenvalue weighted by Gasteiger charge is -2.31. The van der Waals surface area contributed by atoms with Crippen LogP contribution in [0.15, 0.2) is 24.3 Å². The van der Waals surface area contributed by atoms with Gasteiger partial charge in [0.05, 0.1) is 0 Å². The van der Waals surface area contributed by atoms with E-state index in [1.54, 1.807) is 6.92 Å². The summed E-state index contributed by atoms with van der Waals surface area (Å²) in [6.45, 7) is 8.20. The van der Waals surface area contributed by atoms with Gasteiger partial charge in [-0.25, -0.2) is 0 Å². The molecule has 4 nitrogen and oxygen atoms in total. The fraction of sp³-hybridized carbons (Fsp3) is 0.556. The maximum atomic E-state index is 12.2. The summed E-state index contributed by atoms with van der Waals surface area (Å²) in [7, 11) is 0. The molecular weight excluding hydrogens is 276 g/mol. The van der Waals surface area contributed by atoms with Gasteiger partial charge in [-0.3, -0.25) is 9.59 Å². The van der Waals surface area contributed by atoms with Gasteiger partial charge in [0.25, 0.3) is 5.91 Å². The van der Waals surface area contributed by atoms with Crippen LogP contribution in [0.1, 0.15) is 55.5 Å². The molecule has 1 aromatic carbocycles. The highest BCUT2D eigenvalue weighted by Crippen LogP contribution is 2.17. The average molecular weight is 302 g/mol. The van der Waals surface area contributed by atoms with E-state index in [9.17, 15) is 9.59 Å². The summed E-state index contributed by atoms with van der Waals surface area (Å²) in [5, 5.41) is 3.02. The van der Waals surface area contributed by atoms with Crippen molar-refractivity contribution in [3.63, 3.8) is 0 Å². The molecule has 0 bridgehead atoms. The summed E-state index contributed by atoms with van der Waals surface area (Å²) in [5.41, 5.74) is 1.96. The van der Waals surface area contributed by atoms with E-state index in [0.717, 1.165) is 25.9 Å². The molecule has 0 saturated carbocycles. The molecule has 1 fully saturated rings. The Balaban J connectivity index is 1.79. The summed E-state index contributed by atoms with van der Waals surface area (Å²) < 4.78 is 0. The molecule has 120 valence electrons. The Hall–Kier alpha value is -1.84. The predicted molar refractivity (Wildman–Crippen MR) is 87.8 cm³/mol. The number of rotatable bonds is 4. The van der Waals surface area contributed by atoms with Gasteiger partial charge >= 0.3 is 0 Å². The molecule has 2 rings (SSSR count). The smallest absolute Gasteiger partial charge is 0.251 e. The van der Waals surface area contributed by atoms with Gasteiger partial charge < -0.3 is 10.2 Å². The van der Waals surface area contributed by atoms with Crippen LogP contribution in [0, 0.1) is 5.92 Å². The molecule has 2 amide bonds. The highest BCUT2D eigenvalue weighted by molar-refractivity contribution is 5.94. The van der Waals surface area contributed by atoms with Crippen LogP contribution in [-0.2, 0) is 4.79 Å². The van der Waals surface area contributed by atoms with Gasteiger partial charge in [-0.15, -0.1) is 0 Å². The fourth-order valence-corrected chi connectivity index (χ4v) is 2.81. The number of nitrogens with one attached hydrogen (secondary N) is 1. The van der Waals surface area contributed by atoms with Crippen LogP contribution in [0.3, 0.4) is 0 Å². The van der Waals surface area contributed by atoms with Crippen molar-refractivity contribution in [1.29, 1.82) is 0 Å².